The molecule has 4 rings (SSSR count). The minimum Gasteiger partial charge on any atom is -0.339 e. The van der Waals surface area contributed by atoms with Crippen LogP contribution in [0.5, 0.6) is 0 Å². The van der Waals surface area contributed by atoms with Crippen LogP contribution < -0.4 is 5.43 Å². The van der Waals surface area contributed by atoms with Crippen molar-refractivity contribution in [3.63, 3.8) is 0 Å². The summed E-state index contributed by atoms with van der Waals surface area (Å²) in [7, 11) is 0. The molecule has 1 fully saturated rings. The first kappa shape index (κ1) is 19.8. The number of carbonyl (C=O) groups excluding carboxylic acids is 2. The van der Waals surface area contributed by atoms with Gasteiger partial charge in [-0.2, -0.15) is 5.10 Å². The Morgan fingerprint density at radius 3 is 2.47 bits per heavy atom. The van der Waals surface area contributed by atoms with Crippen molar-refractivity contribution in [2.24, 2.45) is 0 Å². The van der Waals surface area contributed by atoms with Gasteiger partial charge in [0.1, 0.15) is 12.4 Å². The highest BCUT2D eigenvalue weighted by atomic mass is 19.1. The summed E-state index contributed by atoms with van der Waals surface area (Å²) >= 11 is 0. The Bertz CT molecular complexity index is 1160. The van der Waals surface area contributed by atoms with Crippen molar-refractivity contribution >= 4 is 22.7 Å². The van der Waals surface area contributed by atoms with Gasteiger partial charge in [-0.1, -0.05) is 24.3 Å². The number of amides is 2. The maximum absolute atomic E-state index is 14.0. The molecule has 1 aliphatic heterocycles. The van der Waals surface area contributed by atoms with E-state index >= 15 is 0 Å². The van der Waals surface area contributed by atoms with Crippen LogP contribution in [0.3, 0.4) is 0 Å². The molecule has 0 spiro atoms. The van der Waals surface area contributed by atoms with Crippen LogP contribution in [0.2, 0.25) is 0 Å². The van der Waals surface area contributed by atoms with E-state index in [1.807, 2.05) is 0 Å². The number of carbonyl (C=O) groups is 2. The summed E-state index contributed by atoms with van der Waals surface area (Å²) in [4.78, 5) is 40.8. The first-order chi connectivity index (χ1) is 14.5. The molecule has 0 bridgehead atoms. The number of hydrogen-bond acceptors (Lipinski definition) is 4. The standard InChI is InChI=1S/C22H21FN4O3/c23-18-8-3-1-6-16(18)22(30)26-11-5-10-25(12-13-26)21(29)15-27-19-9-4-2-7-17(19)20(28)14-24-27/h1-4,6-9,14H,5,10-13,15H2. The second kappa shape index (κ2) is 8.44. The largest absolute Gasteiger partial charge is 0.339 e. The Hall–Kier alpha value is -3.55. The molecule has 2 aromatic carbocycles. The van der Waals surface area contributed by atoms with Gasteiger partial charge in [-0.3, -0.25) is 19.1 Å². The topological polar surface area (TPSA) is 75.5 Å². The number of aromatic nitrogens is 2. The number of halogens is 1. The van der Waals surface area contributed by atoms with E-state index in [1.54, 1.807) is 46.2 Å². The summed E-state index contributed by atoms with van der Waals surface area (Å²) in [5.41, 5.74) is 0.456. The lowest BCUT2D eigenvalue weighted by Crippen LogP contribution is -2.39. The fraction of sp³-hybridized carbons (Fsp3) is 0.273. The molecule has 1 aromatic heterocycles. The molecule has 1 aliphatic rings. The van der Waals surface area contributed by atoms with Crippen molar-refractivity contribution in [2.75, 3.05) is 26.2 Å². The molecule has 0 unspecified atom stereocenters. The van der Waals surface area contributed by atoms with Crippen LogP contribution in [0.25, 0.3) is 10.9 Å². The average molecular weight is 408 g/mol. The second-order valence-electron chi connectivity index (χ2n) is 7.19. The highest BCUT2D eigenvalue weighted by Gasteiger charge is 2.24. The molecule has 2 heterocycles. The van der Waals surface area contributed by atoms with Crippen molar-refractivity contribution in [1.29, 1.82) is 0 Å². The molecular formula is C22H21FN4O3. The molecule has 30 heavy (non-hydrogen) atoms. The molecule has 0 saturated carbocycles. The lowest BCUT2D eigenvalue weighted by molar-refractivity contribution is -0.131. The highest BCUT2D eigenvalue weighted by Crippen LogP contribution is 2.14. The van der Waals surface area contributed by atoms with Gasteiger partial charge in [0, 0.05) is 31.6 Å². The maximum atomic E-state index is 14.0. The van der Waals surface area contributed by atoms with E-state index in [2.05, 4.69) is 5.10 Å². The summed E-state index contributed by atoms with van der Waals surface area (Å²) in [6.07, 6.45) is 1.82. The van der Waals surface area contributed by atoms with Crippen LogP contribution in [-0.2, 0) is 11.3 Å². The second-order valence-corrected chi connectivity index (χ2v) is 7.19. The van der Waals surface area contributed by atoms with E-state index in [0.717, 1.165) is 0 Å². The molecule has 0 N–H and O–H groups in total. The molecule has 7 nitrogen and oxygen atoms in total. The van der Waals surface area contributed by atoms with Crippen LogP contribution >= 0.6 is 0 Å². The molecular weight excluding hydrogens is 387 g/mol. The minimum atomic E-state index is -0.546. The Labute approximate surface area is 172 Å². The third-order valence-corrected chi connectivity index (χ3v) is 5.29. The first-order valence-corrected chi connectivity index (χ1v) is 9.81. The quantitative estimate of drug-likeness (QED) is 0.664. The Morgan fingerprint density at radius 2 is 1.63 bits per heavy atom. The van der Waals surface area contributed by atoms with E-state index in [0.29, 0.717) is 43.5 Å². The summed E-state index contributed by atoms with van der Waals surface area (Å²) in [6.45, 7) is 1.64. The third kappa shape index (κ3) is 3.94. The molecule has 3 aromatic rings. The maximum Gasteiger partial charge on any atom is 0.256 e. The van der Waals surface area contributed by atoms with E-state index in [9.17, 15) is 18.8 Å². The van der Waals surface area contributed by atoms with Gasteiger partial charge in [-0.05, 0) is 30.7 Å². The third-order valence-electron chi connectivity index (χ3n) is 5.29. The van der Waals surface area contributed by atoms with Crippen LogP contribution in [0.4, 0.5) is 4.39 Å². The smallest absolute Gasteiger partial charge is 0.256 e. The lowest BCUT2D eigenvalue weighted by atomic mass is 10.2. The fourth-order valence-corrected chi connectivity index (χ4v) is 3.69. The number of hydrogen-bond donors (Lipinski definition) is 0. The van der Waals surface area contributed by atoms with Crippen LogP contribution in [-0.4, -0.2) is 57.6 Å². The zero-order valence-corrected chi connectivity index (χ0v) is 16.3. The average Bonchev–Trinajstić information content (AvgIpc) is 3.02. The van der Waals surface area contributed by atoms with E-state index in [1.165, 1.54) is 23.0 Å². The Morgan fingerprint density at radius 1 is 0.933 bits per heavy atom. The van der Waals surface area contributed by atoms with Crippen molar-refractivity contribution in [3.8, 4) is 0 Å². The van der Waals surface area contributed by atoms with Gasteiger partial charge in [0.25, 0.3) is 5.91 Å². The minimum absolute atomic E-state index is 0.00204. The van der Waals surface area contributed by atoms with Gasteiger partial charge in [-0.15, -0.1) is 0 Å². The van der Waals surface area contributed by atoms with Gasteiger partial charge < -0.3 is 9.80 Å². The lowest BCUT2D eigenvalue weighted by Gasteiger charge is -2.23. The predicted octanol–water partition coefficient (Wildman–Crippen LogP) is 1.91. The van der Waals surface area contributed by atoms with Crippen molar-refractivity contribution in [2.45, 2.75) is 13.0 Å². The molecule has 0 aliphatic carbocycles. The van der Waals surface area contributed by atoms with Gasteiger partial charge in [0.05, 0.1) is 17.3 Å². The Balaban J connectivity index is 1.46. The predicted molar refractivity (Wildman–Crippen MR) is 110 cm³/mol. The molecule has 0 radical (unpaired) electrons. The van der Waals surface area contributed by atoms with Crippen LogP contribution in [0.1, 0.15) is 16.8 Å². The van der Waals surface area contributed by atoms with Crippen LogP contribution in [0.15, 0.2) is 59.5 Å². The molecule has 0 atom stereocenters. The number of para-hydroxylation sites is 1. The van der Waals surface area contributed by atoms with E-state index in [4.69, 9.17) is 0 Å². The number of fused-ring (bicyclic) bond motifs is 1. The fourth-order valence-electron chi connectivity index (χ4n) is 3.69. The van der Waals surface area contributed by atoms with Crippen molar-refractivity contribution in [3.05, 3.63) is 76.3 Å². The summed E-state index contributed by atoms with van der Waals surface area (Å²) in [6, 6.07) is 12.9. The zero-order valence-electron chi connectivity index (χ0n) is 16.3. The molecule has 2 amide bonds. The number of nitrogens with zero attached hydrogens (tertiary/aromatic N) is 4. The van der Waals surface area contributed by atoms with E-state index in [-0.39, 0.29) is 29.4 Å². The SMILES string of the molecule is O=C(Cn1ncc(=O)c2ccccc21)N1CCCN(C(=O)c2ccccc2F)CC1. The van der Waals surface area contributed by atoms with Crippen molar-refractivity contribution < 1.29 is 14.0 Å². The zero-order chi connectivity index (χ0) is 21.1. The summed E-state index contributed by atoms with van der Waals surface area (Å²) < 4.78 is 15.5. The highest BCUT2D eigenvalue weighted by molar-refractivity contribution is 5.94. The first-order valence-electron chi connectivity index (χ1n) is 9.81. The number of rotatable bonds is 3. The monoisotopic (exact) mass is 408 g/mol. The molecule has 154 valence electrons. The van der Waals surface area contributed by atoms with Gasteiger partial charge in [-0.25, -0.2) is 4.39 Å². The summed E-state index contributed by atoms with van der Waals surface area (Å²) in [5, 5.41) is 4.62. The number of benzene rings is 2. The van der Waals surface area contributed by atoms with Gasteiger partial charge in [0.15, 0.2) is 0 Å². The normalized spacial score (nSPS) is 14.6. The van der Waals surface area contributed by atoms with E-state index < -0.39 is 5.82 Å². The van der Waals surface area contributed by atoms with Gasteiger partial charge in [0.2, 0.25) is 11.3 Å². The molecule has 1 saturated heterocycles. The van der Waals surface area contributed by atoms with Crippen molar-refractivity contribution in [1.82, 2.24) is 19.6 Å². The summed E-state index contributed by atoms with van der Waals surface area (Å²) in [5.74, 6) is -1.05. The molecule has 8 heteroatoms. The van der Waals surface area contributed by atoms with Crippen LogP contribution in [0, 0.1) is 5.82 Å². The van der Waals surface area contributed by atoms with Gasteiger partial charge >= 0.3 is 0 Å². The Kier molecular flexibility index (Phi) is 5.56.